The summed E-state index contributed by atoms with van der Waals surface area (Å²) in [5, 5.41) is 3.14. The zero-order valence-corrected chi connectivity index (χ0v) is 12.9. The van der Waals surface area contributed by atoms with Crippen LogP contribution in [0.4, 0.5) is 13.2 Å². The summed E-state index contributed by atoms with van der Waals surface area (Å²) in [7, 11) is -3.65. The second kappa shape index (κ2) is 6.15. The second-order valence-electron chi connectivity index (χ2n) is 4.74. The minimum Gasteiger partial charge on any atom is -0.312 e. The number of thioether (sulfide) groups is 1. The SMILES string of the molecule is CC1CN(S(=O)(=O)c2ccc(SC(F)(F)F)cc2)CCN1. The maximum Gasteiger partial charge on any atom is 0.446 e. The van der Waals surface area contributed by atoms with Crippen LogP contribution in [0.1, 0.15) is 6.92 Å². The molecule has 1 aromatic carbocycles. The number of rotatable bonds is 3. The molecular weight excluding hydrogens is 325 g/mol. The summed E-state index contributed by atoms with van der Waals surface area (Å²) >= 11 is -0.262. The molecule has 0 radical (unpaired) electrons. The number of nitrogens with one attached hydrogen (secondary N) is 1. The van der Waals surface area contributed by atoms with E-state index in [1.807, 2.05) is 6.92 Å². The summed E-state index contributed by atoms with van der Waals surface area (Å²) in [5.74, 6) is 0. The van der Waals surface area contributed by atoms with Crippen LogP contribution in [0.2, 0.25) is 0 Å². The number of nitrogens with zero attached hydrogens (tertiary/aromatic N) is 1. The molecule has 2 rings (SSSR count). The zero-order chi connectivity index (χ0) is 15.7. The minimum atomic E-state index is -4.38. The molecular formula is C12H15F3N2O2S2. The molecule has 118 valence electrons. The van der Waals surface area contributed by atoms with E-state index in [0.29, 0.717) is 19.6 Å². The number of sulfonamides is 1. The number of piperazine rings is 1. The first-order valence-corrected chi connectivity index (χ1v) is 8.53. The van der Waals surface area contributed by atoms with Gasteiger partial charge in [0.15, 0.2) is 0 Å². The normalized spacial score (nSPS) is 21.4. The van der Waals surface area contributed by atoms with Gasteiger partial charge in [-0.25, -0.2) is 8.42 Å². The average Bonchev–Trinajstić information content (AvgIpc) is 2.37. The van der Waals surface area contributed by atoms with Crippen LogP contribution in [-0.4, -0.2) is 43.9 Å². The molecule has 0 aromatic heterocycles. The van der Waals surface area contributed by atoms with E-state index in [0.717, 1.165) is 0 Å². The van der Waals surface area contributed by atoms with Crippen molar-refractivity contribution in [3.63, 3.8) is 0 Å². The summed E-state index contributed by atoms with van der Waals surface area (Å²) in [6.45, 7) is 3.14. The van der Waals surface area contributed by atoms with Crippen molar-refractivity contribution >= 4 is 21.8 Å². The fourth-order valence-electron chi connectivity index (χ4n) is 2.08. The fourth-order valence-corrected chi connectivity index (χ4v) is 4.15. The molecule has 0 aliphatic carbocycles. The number of halogens is 3. The lowest BCUT2D eigenvalue weighted by atomic mass is 10.3. The Morgan fingerprint density at radius 1 is 1.29 bits per heavy atom. The molecule has 1 fully saturated rings. The number of hydrogen-bond acceptors (Lipinski definition) is 4. The topological polar surface area (TPSA) is 49.4 Å². The molecule has 0 spiro atoms. The standard InChI is InChI=1S/C12H15F3N2O2S2/c1-9-8-17(7-6-16-9)21(18,19)11-4-2-10(3-5-11)20-12(13,14)15/h2-5,9,16H,6-8H2,1H3. The molecule has 9 heteroatoms. The van der Waals surface area contributed by atoms with Gasteiger partial charge in [-0.3, -0.25) is 0 Å². The molecule has 1 aliphatic heterocycles. The van der Waals surface area contributed by atoms with Gasteiger partial charge in [0.05, 0.1) is 4.90 Å². The van der Waals surface area contributed by atoms with E-state index in [1.165, 1.54) is 28.6 Å². The smallest absolute Gasteiger partial charge is 0.312 e. The monoisotopic (exact) mass is 340 g/mol. The molecule has 1 saturated heterocycles. The Labute approximate surface area is 125 Å². The van der Waals surface area contributed by atoms with Gasteiger partial charge in [0, 0.05) is 30.6 Å². The van der Waals surface area contributed by atoms with E-state index in [-0.39, 0.29) is 27.6 Å². The Bertz CT molecular complexity index is 588. The highest BCUT2D eigenvalue weighted by atomic mass is 32.2. The lowest BCUT2D eigenvalue weighted by Crippen LogP contribution is -2.51. The fraction of sp³-hybridized carbons (Fsp3) is 0.500. The van der Waals surface area contributed by atoms with Gasteiger partial charge in [-0.05, 0) is 43.0 Å². The predicted octanol–water partition coefficient (Wildman–Crippen LogP) is 2.28. The van der Waals surface area contributed by atoms with E-state index in [2.05, 4.69) is 5.32 Å². The van der Waals surface area contributed by atoms with Gasteiger partial charge in [-0.2, -0.15) is 17.5 Å². The van der Waals surface area contributed by atoms with Gasteiger partial charge in [0.1, 0.15) is 0 Å². The number of alkyl halides is 3. The molecule has 1 aromatic rings. The Morgan fingerprint density at radius 2 is 1.90 bits per heavy atom. The quantitative estimate of drug-likeness (QED) is 0.858. The number of benzene rings is 1. The van der Waals surface area contributed by atoms with Gasteiger partial charge in [-0.15, -0.1) is 0 Å². The lowest BCUT2D eigenvalue weighted by Gasteiger charge is -2.31. The van der Waals surface area contributed by atoms with Gasteiger partial charge in [-0.1, -0.05) is 0 Å². The summed E-state index contributed by atoms with van der Waals surface area (Å²) in [6.07, 6.45) is 0. The Kier molecular flexibility index (Phi) is 4.86. The highest BCUT2D eigenvalue weighted by Crippen LogP contribution is 2.37. The molecule has 0 bridgehead atoms. The number of hydrogen-bond donors (Lipinski definition) is 1. The summed E-state index contributed by atoms with van der Waals surface area (Å²) < 4.78 is 62.9. The largest absolute Gasteiger partial charge is 0.446 e. The first-order valence-electron chi connectivity index (χ1n) is 6.28. The van der Waals surface area contributed by atoms with Crippen LogP contribution in [0.5, 0.6) is 0 Å². The van der Waals surface area contributed by atoms with Crippen LogP contribution < -0.4 is 5.32 Å². The Balaban J connectivity index is 2.17. The highest BCUT2D eigenvalue weighted by molar-refractivity contribution is 8.00. The van der Waals surface area contributed by atoms with E-state index >= 15 is 0 Å². The molecule has 1 aliphatic rings. The molecule has 0 saturated carbocycles. The van der Waals surface area contributed by atoms with Crippen LogP contribution >= 0.6 is 11.8 Å². The van der Waals surface area contributed by atoms with Crippen molar-refractivity contribution in [1.82, 2.24) is 9.62 Å². The van der Waals surface area contributed by atoms with Crippen molar-refractivity contribution in [2.75, 3.05) is 19.6 Å². The third kappa shape index (κ3) is 4.35. The second-order valence-corrected chi connectivity index (χ2v) is 7.81. The maximum atomic E-state index is 12.4. The van der Waals surface area contributed by atoms with Crippen LogP contribution in [0.3, 0.4) is 0 Å². The molecule has 21 heavy (non-hydrogen) atoms. The van der Waals surface area contributed by atoms with Gasteiger partial charge < -0.3 is 5.32 Å². The summed E-state index contributed by atoms with van der Waals surface area (Å²) in [4.78, 5) is -0.0155. The molecule has 1 N–H and O–H groups in total. The first-order chi connectivity index (χ1) is 9.68. The van der Waals surface area contributed by atoms with Crippen molar-refractivity contribution in [3.8, 4) is 0 Å². The van der Waals surface area contributed by atoms with Crippen molar-refractivity contribution in [1.29, 1.82) is 0 Å². The van der Waals surface area contributed by atoms with Crippen LogP contribution in [-0.2, 0) is 10.0 Å². The van der Waals surface area contributed by atoms with Crippen LogP contribution in [0, 0.1) is 0 Å². The van der Waals surface area contributed by atoms with Gasteiger partial charge >= 0.3 is 5.51 Å². The highest BCUT2D eigenvalue weighted by Gasteiger charge is 2.31. The van der Waals surface area contributed by atoms with Gasteiger partial charge in [0.2, 0.25) is 10.0 Å². The lowest BCUT2D eigenvalue weighted by molar-refractivity contribution is -0.0328. The minimum absolute atomic E-state index is 0.0168. The molecule has 0 amide bonds. The van der Waals surface area contributed by atoms with Gasteiger partial charge in [0.25, 0.3) is 0 Å². The van der Waals surface area contributed by atoms with E-state index in [1.54, 1.807) is 0 Å². The van der Waals surface area contributed by atoms with Crippen molar-refractivity contribution in [2.24, 2.45) is 0 Å². The zero-order valence-electron chi connectivity index (χ0n) is 11.2. The van der Waals surface area contributed by atoms with E-state index < -0.39 is 15.5 Å². The van der Waals surface area contributed by atoms with E-state index in [4.69, 9.17) is 0 Å². The predicted molar refractivity (Wildman–Crippen MR) is 74.6 cm³/mol. The maximum absolute atomic E-state index is 12.4. The Hall–Kier alpha value is -0.770. The van der Waals surface area contributed by atoms with E-state index in [9.17, 15) is 21.6 Å². The Morgan fingerprint density at radius 3 is 2.43 bits per heavy atom. The first kappa shape index (κ1) is 16.6. The third-order valence-corrected chi connectivity index (χ3v) is 5.65. The molecule has 4 nitrogen and oxygen atoms in total. The summed E-state index contributed by atoms with van der Waals surface area (Å²) in [5.41, 5.74) is -4.38. The molecule has 1 atom stereocenters. The molecule has 1 unspecified atom stereocenters. The van der Waals surface area contributed by atoms with Crippen LogP contribution in [0.15, 0.2) is 34.1 Å². The summed E-state index contributed by atoms with van der Waals surface area (Å²) in [6, 6.07) is 4.84. The average molecular weight is 340 g/mol. The van der Waals surface area contributed by atoms with Crippen LogP contribution in [0.25, 0.3) is 0 Å². The third-order valence-electron chi connectivity index (χ3n) is 3.03. The molecule has 1 heterocycles. The van der Waals surface area contributed by atoms with Crippen molar-refractivity contribution < 1.29 is 21.6 Å². The van der Waals surface area contributed by atoms with Crippen molar-refractivity contribution in [2.45, 2.75) is 28.3 Å². The van der Waals surface area contributed by atoms with Crippen molar-refractivity contribution in [3.05, 3.63) is 24.3 Å².